The molecule has 1 aliphatic heterocycles. The predicted molar refractivity (Wildman–Crippen MR) is 105 cm³/mol. The first-order chi connectivity index (χ1) is 13.0. The van der Waals surface area contributed by atoms with E-state index in [9.17, 15) is 4.79 Å². The lowest BCUT2D eigenvalue weighted by Gasteiger charge is -2.32. The van der Waals surface area contributed by atoms with Crippen LogP contribution >= 0.6 is 0 Å². The number of fused-ring (bicyclic) bond motifs is 1. The lowest BCUT2D eigenvalue weighted by molar-refractivity contribution is 0.0714. The smallest absolute Gasteiger partial charge is 0.259 e. The molecule has 0 aliphatic carbocycles. The van der Waals surface area contributed by atoms with Crippen molar-refractivity contribution in [2.24, 2.45) is 0 Å². The number of carbonyl (C=O) groups excluding carboxylic acids is 1. The van der Waals surface area contributed by atoms with E-state index in [0.29, 0.717) is 17.2 Å². The van der Waals surface area contributed by atoms with Crippen LogP contribution in [-0.2, 0) is 0 Å². The Morgan fingerprint density at radius 1 is 1.19 bits per heavy atom. The number of amides is 1. The number of aryl methyl sites for hydroxylation is 1. The average Bonchev–Trinajstić information content (AvgIpc) is 3.08. The second-order valence-electron chi connectivity index (χ2n) is 7.67. The van der Waals surface area contributed by atoms with E-state index in [2.05, 4.69) is 48.3 Å². The van der Waals surface area contributed by atoms with Gasteiger partial charge in [-0.2, -0.15) is 0 Å². The topological polar surface area (TPSA) is 59.2 Å². The summed E-state index contributed by atoms with van der Waals surface area (Å²) in [6.45, 7) is 7.53. The molecule has 1 amide bonds. The fraction of sp³-hybridized carbons (Fsp3) is 0.409. The van der Waals surface area contributed by atoms with Gasteiger partial charge in [-0.15, -0.1) is 0 Å². The molecular formula is C22H25N3O2. The standard InChI is InChI=1S/C22H25N3O2/c1-14(2)19-13-18(20-15(3)24-27-21(20)23-19)22(26)25-11-9-17(10-12-25)16-7-5-4-6-8-16/h4-8,13-14,17H,9-12H2,1-3H3. The van der Waals surface area contributed by atoms with Gasteiger partial charge in [0.15, 0.2) is 0 Å². The third-order valence-corrected chi connectivity index (χ3v) is 5.51. The number of rotatable bonds is 3. The maximum Gasteiger partial charge on any atom is 0.259 e. The van der Waals surface area contributed by atoms with Crippen molar-refractivity contribution in [2.75, 3.05) is 13.1 Å². The Kier molecular flexibility index (Phi) is 4.68. The fourth-order valence-corrected chi connectivity index (χ4v) is 3.89. The van der Waals surface area contributed by atoms with E-state index in [1.165, 1.54) is 5.56 Å². The molecule has 0 spiro atoms. The van der Waals surface area contributed by atoms with Crippen LogP contribution in [-0.4, -0.2) is 34.0 Å². The van der Waals surface area contributed by atoms with Crippen LogP contribution < -0.4 is 0 Å². The van der Waals surface area contributed by atoms with E-state index in [1.54, 1.807) is 0 Å². The molecule has 140 valence electrons. The second-order valence-corrected chi connectivity index (χ2v) is 7.67. The van der Waals surface area contributed by atoms with Crippen molar-refractivity contribution in [1.29, 1.82) is 0 Å². The molecule has 1 aromatic carbocycles. The first-order valence-corrected chi connectivity index (χ1v) is 9.65. The number of hydrogen-bond donors (Lipinski definition) is 0. The fourth-order valence-electron chi connectivity index (χ4n) is 3.89. The Morgan fingerprint density at radius 2 is 1.89 bits per heavy atom. The summed E-state index contributed by atoms with van der Waals surface area (Å²) in [6.07, 6.45) is 1.98. The van der Waals surface area contributed by atoms with Gasteiger partial charge in [-0.3, -0.25) is 4.79 Å². The van der Waals surface area contributed by atoms with Gasteiger partial charge in [0.2, 0.25) is 0 Å². The molecule has 0 bridgehead atoms. The maximum absolute atomic E-state index is 13.3. The van der Waals surface area contributed by atoms with Gasteiger partial charge in [0.25, 0.3) is 11.6 Å². The molecule has 3 heterocycles. The number of likely N-dealkylation sites (tertiary alicyclic amines) is 1. The van der Waals surface area contributed by atoms with Gasteiger partial charge in [-0.1, -0.05) is 49.3 Å². The minimum Gasteiger partial charge on any atom is -0.339 e. The van der Waals surface area contributed by atoms with Crippen LogP contribution in [0.15, 0.2) is 40.9 Å². The van der Waals surface area contributed by atoms with Crippen molar-refractivity contribution in [3.63, 3.8) is 0 Å². The zero-order valence-corrected chi connectivity index (χ0v) is 16.1. The Hall–Kier alpha value is -2.69. The molecule has 0 unspecified atom stereocenters. The van der Waals surface area contributed by atoms with E-state index >= 15 is 0 Å². The summed E-state index contributed by atoms with van der Waals surface area (Å²) in [5.41, 5.74) is 4.08. The number of aromatic nitrogens is 2. The SMILES string of the molecule is Cc1noc2nc(C(C)C)cc(C(=O)N3CCC(c4ccccc4)CC3)c12. The number of carbonyl (C=O) groups is 1. The summed E-state index contributed by atoms with van der Waals surface area (Å²) in [6, 6.07) is 12.5. The van der Waals surface area contributed by atoms with Crippen LogP contribution in [0.5, 0.6) is 0 Å². The van der Waals surface area contributed by atoms with E-state index in [1.807, 2.05) is 24.0 Å². The van der Waals surface area contributed by atoms with Crippen molar-refractivity contribution in [3.05, 3.63) is 58.9 Å². The van der Waals surface area contributed by atoms with Crippen LogP contribution in [0.4, 0.5) is 0 Å². The highest BCUT2D eigenvalue weighted by atomic mass is 16.5. The molecule has 4 rings (SSSR count). The minimum atomic E-state index is 0.0575. The van der Waals surface area contributed by atoms with Gasteiger partial charge in [0, 0.05) is 18.8 Å². The van der Waals surface area contributed by atoms with Crippen LogP contribution in [0.3, 0.4) is 0 Å². The number of nitrogens with zero attached hydrogens (tertiary/aromatic N) is 3. The third kappa shape index (κ3) is 3.34. The van der Waals surface area contributed by atoms with E-state index in [-0.39, 0.29) is 11.8 Å². The Balaban J connectivity index is 1.59. The second kappa shape index (κ2) is 7.14. The molecule has 0 atom stereocenters. The molecule has 2 aromatic heterocycles. The summed E-state index contributed by atoms with van der Waals surface area (Å²) >= 11 is 0. The highest BCUT2D eigenvalue weighted by Crippen LogP contribution is 2.31. The van der Waals surface area contributed by atoms with Crippen LogP contribution in [0.25, 0.3) is 11.1 Å². The first-order valence-electron chi connectivity index (χ1n) is 9.65. The van der Waals surface area contributed by atoms with Gasteiger partial charge in [-0.05, 0) is 43.2 Å². The summed E-state index contributed by atoms with van der Waals surface area (Å²) in [7, 11) is 0. The number of pyridine rings is 1. The molecule has 1 fully saturated rings. The monoisotopic (exact) mass is 363 g/mol. The number of hydrogen-bond acceptors (Lipinski definition) is 4. The molecule has 0 N–H and O–H groups in total. The molecule has 27 heavy (non-hydrogen) atoms. The molecule has 0 saturated carbocycles. The van der Waals surface area contributed by atoms with Crippen LogP contribution in [0, 0.1) is 6.92 Å². The number of piperidine rings is 1. The lowest BCUT2D eigenvalue weighted by atomic mass is 9.89. The van der Waals surface area contributed by atoms with E-state index in [0.717, 1.165) is 42.7 Å². The van der Waals surface area contributed by atoms with Gasteiger partial charge in [0.05, 0.1) is 16.6 Å². The van der Waals surface area contributed by atoms with Crippen molar-refractivity contribution in [3.8, 4) is 0 Å². The Morgan fingerprint density at radius 3 is 2.56 bits per heavy atom. The Labute approximate surface area is 159 Å². The van der Waals surface area contributed by atoms with E-state index < -0.39 is 0 Å². The van der Waals surface area contributed by atoms with Crippen LogP contribution in [0.2, 0.25) is 0 Å². The molecule has 3 aromatic rings. The minimum absolute atomic E-state index is 0.0575. The zero-order chi connectivity index (χ0) is 19.0. The van der Waals surface area contributed by atoms with Gasteiger partial charge < -0.3 is 9.42 Å². The first kappa shape index (κ1) is 17.7. The quantitative estimate of drug-likeness (QED) is 0.678. The van der Waals surface area contributed by atoms with Crippen molar-refractivity contribution < 1.29 is 9.32 Å². The maximum atomic E-state index is 13.3. The lowest BCUT2D eigenvalue weighted by Crippen LogP contribution is -2.38. The highest BCUT2D eigenvalue weighted by Gasteiger charge is 2.27. The Bertz CT molecular complexity index is 954. The van der Waals surface area contributed by atoms with Crippen molar-refractivity contribution in [2.45, 2.75) is 45.4 Å². The molecule has 5 nitrogen and oxygen atoms in total. The predicted octanol–water partition coefficient (Wildman–Crippen LogP) is 4.67. The summed E-state index contributed by atoms with van der Waals surface area (Å²) < 4.78 is 5.36. The molecular weight excluding hydrogens is 338 g/mol. The van der Waals surface area contributed by atoms with Crippen molar-refractivity contribution in [1.82, 2.24) is 15.0 Å². The number of benzene rings is 1. The molecule has 0 radical (unpaired) electrons. The average molecular weight is 363 g/mol. The van der Waals surface area contributed by atoms with E-state index in [4.69, 9.17) is 4.52 Å². The normalized spacial score (nSPS) is 15.6. The summed E-state index contributed by atoms with van der Waals surface area (Å²) in [5.74, 6) is 0.800. The van der Waals surface area contributed by atoms with Crippen molar-refractivity contribution >= 4 is 17.0 Å². The molecule has 1 aliphatic rings. The van der Waals surface area contributed by atoms with Gasteiger partial charge >= 0.3 is 0 Å². The molecule has 1 saturated heterocycles. The summed E-state index contributed by atoms with van der Waals surface area (Å²) in [4.78, 5) is 19.8. The highest BCUT2D eigenvalue weighted by molar-refractivity contribution is 6.06. The van der Waals surface area contributed by atoms with Gasteiger partial charge in [-0.25, -0.2) is 4.98 Å². The molecule has 5 heteroatoms. The zero-order valence-electron chi connectivity index (χ0n) is 16.1. The third-order valence-electron chi connectivity index (χ3n) is 5.51. The van der Waals surface area contributed by atoms with Crippen LogP contribution in [0.1, 0.15) is 65.8 Å². The largest absolute Gasteiger partial charge is 0.339 e. The summed E-state index contributed by atoms with van der Waals surface area (Å²) in [5, 5.41) is 4.77. The van der Waals surface area contributed by atoms with Gasteiger partial charge in [0.1, 0.15) is 0 Å².